The second kappa shape index (κ2) is 5.90. The standard InChI is InChI=1S/C16H13N3OS/c1-20-13-8-6-12(7-9-13)19-15-5-3-2-4-14(15)18-16(19)21-11-10-17/h2-9H,11H2,1H3. The van der Waals surface area contributed by atoms with Crippen LogP contribution in [0.1, 0.15) is 0 Å². The van der Waals surface area contributed by atoms with Gasteiger partial charge in [-0.2, -0.15) is 5.26 Å². The normalized spacial score (nSPS) is 10.5. The van der Waals surface area contributed by atoms with E-state index in [-0.39, 0.29) is 0 Å². The molecule has 2 aromatic carbocycles. The van der Waals surface area contributed by atoms with E-state index in [9.17, 15) is 0 Å². The van der Waals surface area contributed by atoms with Gasteiger partial charge >= 0.3 is 0 Å². The summed E-state index contributed by atoms with van der Waals surface area (Å²) in [6.45, 7) is 0. The van der Waals surface area contributed by atoms with Gasteiger partial charge in [-0.15, -0.1) is 0 Å². The Labute approximate surface area is 127 Å². The van der Waals surface area contributed by atoms with Gasteiger partial charge in [0.05, 0.1) is 30.0 Å². The zero-order valence-corrected chi connectivity index (χ0v) is 12.3. The molecule has 0 aliphatic carbocycles. The van der Waals surface area contributed by atoms with E-state index in [1.165, 1.54) is 11.8 Å². The number of nitriles is 1. The summed E-state index contributed by atoms with van der Waals surface area (Å²) in [6, 6.07) is 17.9. The molecule has 3 rings (SSSR count). The Morgan fingerprint density at radius 3 is 2.67 bits per heavy atom. The molecule has 0 radical (unpaired) electrons. The van der Waals surface area contributed by atoms with Gasteiger partial charge in [-0.05, 0) is 36.4 Å². The second-order valence-corrected chi connectivity index (χ2v) is 5.31. The molecule has 0 unspecified atom stereocenters. The average Bonchev–Trinajstić information content (AvgIpc) is 2.91. The number of para-hydroxylation sites is 2. The van der Waals surface area contributed by atoms with E-state index in [1.807, 2.05) is 48.5 Å². The minimum atomic E-state index is 0.374. The molecule has 0 spiro atoms. The summed E-state index contributed by atoms with van der Waals surface area (Å²) in [7, 11) is 1.65. The van der Waals surface area contributed by atoms with Crippen LogP contribution in [0.2, 0.25) is 0 Å². The number of methoxy groups -OCH3 is 1. The van der Waals surface area contributed by atoms with Gasteiger partial charge in [0, 0.05) is 5.69 Å². The molecule has 0 amide bonds. The monoisotopic (exact) mass is 295 g/mol. The SMILES string of the molecule is COc1ccc(-n2c(SCC#N)nc3ccccc32)cc1. The summed E-state index contributed by atoms with van der Waals surface area (Å²) in [6.07, 6.45) is 0. The Kier molecular flexibility index (Phi) is 3.80. The zero-order valence-electron chi connectivity index (χ0n) is 11.5. The molecule has 0 aliphatic heterocycles. The van der Waals surface area contributed by atoms with E-state index in [0.717, 1.165) is 27.6 Å². The molecule has 5 heteroatoms. The van der Waals surface area contributed by atoms with Crippen molar-refractivity contribution in [2.45, 2.75) is 5.16 Å². The first-order valence-electron chi connectivity index (χ1n) is 6.45. The molecule has 0 saturated carbocycles. The van der Waals surface area contributed by atoms with Crippen LogP contribution in [0.5, 0.6) is 5.75 Å². The van der Waals surface area contributed by atoms with Crippen molar-refractivity contribution in [3.05, 3.63) is 48.5 Å². The molecular formula is C16H13N3OS. The predicted octanol–water partition coefficient (Wildman–Crippen LogP) is 3.65. The lowest BCUT2D eigenvalue weighted by Gasteiger charge is -2.09. The lowest BCUT2D eigenvalue weighted by atomic mass is 10.2. The molecule has 1 aromatic heterocycles. The number of aromatic nitrogens is 2. The first-order valence-corrected chi connectivity index (χ1v) is 7.43. The highest BCUT2D eigenvalue weighted by Gasteiger charge is 2.12. The summed E-state index contributed by atoms with van der Waals surface area (Å²) < 4.78 is 7.26. The van der Waals surface area contributed by atoms with E-state index >= 15 is 0 Å². The van der Waals surface area contributed by atoms with Crippen LogP contribution in [0.3, 0.4) is 0 Å². The Balaban J connectivity index is 2.15. The maximum atomic E-state index is 8.81. The van der Waals surface area contributed by atoms with Crippen molar-refractivity contribution in [1.82, 2.24) is 9.55 Å². The molecule has 21 heavy (non-hydrogen) atoms. The predicted molar refractivity (Wildman–Crippen MR) is 84.0 cm³/mol. The number of hydrogen-bond donors (Lipinski definition) is 0. The van der Waals surface area contributed by atoms with Crippen LogP contribution in [0.25, 0.3) is 16.7 Å². The van der Waals surface area contributed by atoms with Gasteiger partial charge in [0.15, 0.2) is 5.16 Å². The van der Waals surface area contributed by atoms with E-state index < -0.39 is 0 Å². The van der Waals surface area contributed by atoms with Crippen LogP contribution in [-0.4, -0.2) is 22.4 Å². The number of thioether (sulfide) groups is 1. The number of hydrogen-bond acceptors (Lipinski definition) is 4. The van der Waals surface area contributed by atoms with Crippen LogP contribution in [0.4, 0.5) is 0 Å². The Bertz CT molecular complexity index is 802. The summed E-state index contributed by atoms with van der Waals surface area (Å²) >= 11 is 1.44. The van der Waals surface area contributed by atoms with Gasteiger partial charge in [0.1, 0.15) is 5.75 Å². The van der Waals surface area contributed by atoms with Crippen LogP contribution in [0.15, 0.2) is 53.7 Å². The fourth-order valence-electron chi connectivity index (χ4n) is 2.18. The molecule has 104 valence electrons. The Hall–Kier alpha value is -2.45. The highest BCUT2D eigenvalue weighted by Crippen LogP contribution is 2.28. The minimum Gasteiger partial charge on any atom is -0.497 e. The Morgan fingerprint density at radius 2 is 1.95 bits per heavy atom. The molecule has 3 aromatic rings. The molecule has 0 fully saturated rings. The Morgan fingerprint density at radius 1 is 1.19 bits per heavy atom. The maximum absolute atomic E-state index is 8.81. The molecule has 0 N–H and O–H groups in total. The van der Waals surface area contributed by atoms with Gasteiger partial charge in [0.2, 0.25) is 0 Å². The summed E-state index contributed by atoms with van der Waals surface area (Å²) in [5, 5.41) is 9.63. The van der Waals surface area contributed by atoms with Crippen LogP contribution < -0.4 is 4.74 Å². The van der Waals surface area contributed by atoms with E-state index in [2.05, 4.69) is 15.6 Å². The molecule has 0 aliphatic rings. The molecular weight excluding hydrogens is 282 g/mol. The summed E-state index contributed by atoms with van der Waals surface area (Å²) in [5.41, 5.74) is 2.96. The quantitative estimate of drug-likeness (QED) is 0.689. The smallest absolute Gasteiger partial charge is 0.174 e. The first kappa shape index (κ1) is 13.5. The molecule has 4 nitrogen and oxygen atoms in total. The third kappa shape index (κ3) is 2.58. The van der Waals surface area contributed by atoms with Crippen molar-refractivity contribution < 1.29 is 4.74 Å². The maximum Gasteiger partial charge on any atom is 0.174 e. The fraction of sp³-hybridized carbons (Fsp3) is 0.125. The van der Waals surface area contributed by atoms with Gasteiger partial charge in [0.25, 0.3) is 0 Å². The third-order valence-electron chi connectivity index (χ3n) is 3.13. The number of ether oxygens (including phenoxy) is 1. The molecule has 1 heterocycles. The van der Waals surface area contributed by atoms with Crippen molar-refractivity contribution >= 4 is 22.8 Å². The highest BCUT2D eigenvalue weighted by atomic mass is 32.2. The topological polar surface area (TPSA) is 50.8 Å². The van der Waals surface area contributed by atoms with Crippen molar-refractivity contribution in [3.63, 3.8) is 0 Å². The van der Waals surface area contributed by atoms with Crippen molar-refractivity contribution in [2.75, 3.05) is 12.9 Å². The third-order valence-corrected chi connectivity index (χ3v) is 3.93. The van der Waals surface area contributed by atoms with Crippen LogP contribution in [-0.2, 0) is 0 Å². The lowest BCUT2D eigenvalue weighted by Crippen LogP contribution is -1.96. The van der Waals surface area contributed by atoms with Gasteiger partial charge in [-0.1, -0.05) is 23.9 Å². The number of imidazole rings is 1. The van der Waals surface area contributed by atoms with E-state index in [4.69, 9.17) is 10.00 Å². The number of rotatable bonds is 4. The molecule has 0 saturated heterocycles. The van der Waals surface area contributed by atoms with Crippen LogP contribution >= 0.6 is 11.8 Å². The van der Waals surface area contributed by atoms with Crippen molar-refractivity contribution in [2.24, 2.45) is 0 Å². The van der Waals surface area contributed by atoms with Gasteiger partial charge in [-0.3, -0.25) is 4.57 Å². The minimum absolute atomic E-state index is 0.374. The molecule has 0 atom stereocenters. The van der Waals surface area contributed by atoms with Crippen LogP contribution in [0, 0.1) is 11.3 Å². The van der Waals surface area contributed by atoms with E-state index in [0.29, 0.717) is 5.75 Å². The zero-order chi connectivity index (χ0) is 14.7. The average molecular weight is 295 g/mol. The van der Waals surface area contributed by atoms with Gasteiger partial charge < -0.3 is 4.74 Å². The largest absolute Gasteiger partial charge is 0.497 e. The fourth-order valence-corrected chi connectivity index (χ4v) is 2.87. The van der Waals surface area contributed by atoms with Crippen molar-refractivity contribution in [3.8, 4) is 17.5 Å². The summed E-state index contributed by atoms with van der Waals surface area (Å²) in [5.74, 6) is 1.19. The highest BCUT2D eigenvalue weighted by molar-refractivity contribution is 7.99. The lowest BCUT2D eigenvalue weighted by molar-refractivity contribution is 0.414. The first-order chi connectivity index (χ1) is 10.3. The van der Waals surface area contributed by atoms with Crippen molar-refractivity contribution in [1.29, 1.82) is 5.26 Å². The molecule has 0 bridgehead atoms. The van der Waals surface area contributed by atoms with Gasteiger partial charge in [-0.25, -0.2) is 4.98 Å². The number of benzene rings is 2. The second-order valence-electron chi connectivity index (χ2n) is 4.36. The number of nitrogens with zero attached hydrogens (tertiary/aromatic N) is 3. The number of fused-ring (bicyclic) bond motifs is 1. The van der Waals surface area contributed by atoms with E-state index in [1.54, 1.807) is 7.11 Å². The summed E-state index contributed by atoms with van der Waals surface area (Å²) in [4.78, 5) is 4.61.